The van der Waals surface area contributed by atoms with E-state index in [-0.39, 0.29) is 18.6 Å². The summed E-state index contributed by atoms with van der Waals surface area (Å²) < 4.78 is 0. The summed E-state index contributed by atoms with van der Waals surface area (Å²) in [4.78, 5) is 46.2. The maximum Gasteiger partial charge on any atom is 0.173 e. The number of hydrogen-bond acceptors (Lipinski definition) is 5. The number of ketones is 4. The van der Waals surface area contributed by atoms with Crippen LogP contribution in [0.4, 0.5) is 0 Å². The summed E-state index contributed by atoms with van der Waals surface area (Å²) in [6.07, 6.45) is 6.39. The maximum atomic E-state index is 11.9. The van der Waals surface area contributed by atoms with Gasteiger partial charge in [-0.3, -0.25) is 19.2 Å². The molecule has 0 aromatic rings. The fourth-order valence-electron chi connectivity index (χ4n) is 2.22. The van der Waals surface area contributed by atoms with Crippen LogP contribution in [0.2, 0.25) is 0 Å². The smallest absolute Gasteiger partial charge is 0.173 e. The van der Waals surface area contributed by atoms with Gasteiger partial charge in [-0.15, -0.1) is 0 Å². The third kappa shape index (κ3) is 3.17. The van der Waals surface area contributed by atoms with E-state index in [1.165, 1.54) is 6.08 Å². The topological polar surface area (TPSA) is 88.5 Å². The lowest BCUT2D eigenvalue weighted by atomic mass is 9.83. The second-order valence-corrected chi connectivity index (χ2v) is 4.89. The lowest BCUT2D eigenvalue weighted by Gasteiger charge is -2.16. The van der Waals surface area contributed by atoms with E-state index >= 15 is 0 Å². The Bertz CT molecular complexity index is 557. The first-order valence-corrected chi connectivity index (χ1v) is 6.35. The Balaban J connectivity index is 2.06. The van der Waals surface area contributed by atoms with Crippen LogP contribution in [0.3, 0.4) is 0 Å². The molecule has 2 rings (SSSR count). The molecular formula is C15H14O5. The highest BCUT2D eigenvalue weighted by Gasteiger charge is 2.38. The van der Waals surface area contributed by atoms with Gasteiger partial charge in [-0.1, -0.05) is 12.2 Å². The minimum atomic E-state index is -1.32. The zero-order chi connectivity index (χ0) is 14.7. The van der Waals surface area contributed by atoms with Gasteiger partial charge in [0.2, 0.25) is 0 Å². The van der Waals surface area contributed by atoms with Crippen molar-refractivity contribution in [3.63, 3.8) is 0 Å². The van der Waals surface area contributed by atoms with Crippen molar-refractivity contribution in [3.05, 3.63) is 35.6 Å². The number of rotatable bonds is 3. The Hall–Kier alpha value is -2.30. The molecule has 2 aliphatic rings. The molecule has 5 heteroatoms. The molecule has 1 saturated carbocycles. The molecular weight excluding hydrogens is 260 g/mol. The van der Waals surface area contributed by atoms with Gasteiger partial charge < -0.3 is 5.11 Å². The summed E-state index contributed by atoms with van der Waals surface area (Å²) in [5.41, 5.74) is 0.836. The zero-order valence-electron chi connectivity index (χ0n) is 10.8. The molecule has 20 heavy (non-hydrogen) atoms. The van der Waals surface area contributed by atoms with E-state index in [9.17, 15) is 24.3 Å². The van der Waals surface area contributed by atoms with Crippen molar-refractivity contribution >= 4 is 23.1 Å². The Labute approximate surface area is 115 Å². The van der Waals surface area contributed by atoms with Crippen LogP contribution in [0.15, 0.2) is 35.6 Å². The first kappa shape index (κ1) is 14.1. The van der Waals surface area contributed by atoms with Gasteiger partial charge in [0, 0.05) is 6.42 Å². The van der Waals surface area contributed by atoms with Crippen LogP contribution >= 0.6 is 0 Å². The predicted octanol–water partition coefficient (Wildman–Crippen LogP) is 1.39. The Morgan fingerprint density at radius 1 is 1.10 bits per heavy atom. The van der Waals surface area contributed by atoms with Gasteiger partial charge >= 0.3 is 0 Å². The summed E-state index contributed by atoms with van der Waals surface area (Å²) in [6, 6.07) is 0. The summed E-state index contributed by atoms with van der Waals surface area (Å²) >= 11 is 0. The summed E-state index contributed by atoms with van der Waals surface area (Å²) in [5.74, 6) is -3.27. The Kier molecular flexibility index (Phi) is 4.08. The van der Waals surface area contributed by atoms with E-state index in [1.54, 1.807) is 18.2 Å². The number of carbonyl (C=O) groups excluding carboxylic acids is 4. The molecule has 0 aromatic carbocycles. The van der Waals surface area contributed by atoms with E-state index in [2.05, 4.69) is 0 Å². The molecule has 2 aliphatic carbocycles. The first-order chi connectivity index (χ1) is 9.47. The first-order valence-electron chi connectivity index (χ1n) is 6.35. The molecule has 5 nitrogen and oxygen atoms in total. The fourth-order valence-corrected chi connectivity index (χ4v) is 2.22. The van der Waals surface area contributed by atoms with Crippen molar-refractivity contribution in [2.75, 3.05) is 0 Å². The number of Topliss-reactive ketones (excluding diaryl/α,β-unsaturated/α-hetero) is 3. The van der Waals surface area contributed by atoms with Gasteiger partial charge in [0.1, 0.15) is 11.7 Å². The highest BCUT2D eigenvalue weighted by atomic mass is 16.3. The van der Waals surface area contributed by atoms with Crippen molar-refractivity contribution < 1.29 is 24.3 Å². The lowest BCUT2D eigenvalue weighted by Crippen LogP contribution is -2.38. The van der Waals surface area contributed by atoms with E-state index in [4.69, 9.17) is 0 Å². The van der Waals surface area contributed by atoms with Gasteiger partial charge in [-0.05, 0) is 24.1 Å². The van der Waals surface area contributed by atoms with Gasteiger partial charge in [0.15, 0.2) is 17.3 Å². The molecule has 0 unspecified atom stereocenters. The number of aliphatic hydroxyl groups excluding tert-OH is 1. The molecule has 0 radical (unpaired) electrons. The molecule has 0 aromatic heterocycles. The van der Waals surface area contributed by atoms with Crippen LogP contribution in [-0.4, -0.2) is 28.2 Å². The van der Waals surface area contributed by atoms with Crippen LogP contribution in [0.25, 0.3) is 0 Å². The van der Waals surface area contributed by atoms with Crippen LogP contribution in [0.5, 0.6) is 0 Å². The second-order valence-electron chi connectivity index (χ2n) is 4.89. The van der Waals surface area contributed by atoms with Gasteiger partial charge in [-0.25, -0.2) is 0 Å². The van der Waals surface area contributed by atoms with E-state index < -0.39 is 29.1 Å². The van der Waals surface area contributed by atoms with Crippen LogP contribution in [0, 0.1) is 5.92 Å². The van der Waals surface area contributed by atoms with Gasteiger partial charge in [0.05, 0.1) is 18.6 Å². The molecule has 0 bridgehead atoms. The quantitative estimate of drug-likeness (QED) is 0.620. The van der Waals surface area contributed by atoms with Gasteiger partial charge in [-0.2, -0.15) is 0 Å². The predicted molar refractivity (Wildman–Crippen MR) is 69.9 cm³/mol. The average Bonchev–Trinajstić information content (AvgIpc) is 2.37. The number of allylic oxidation sites excluding steroid dienone is 6. The monoisotopic (exact) mass is 274 g/mol. The van der Waals surface area contributed by atoms with Crippen LogP contribution < -0.4 is 0 Å². The minimum absolute atomic E-state index is 0.282. The highest BCUT2D eigenvalue weighted by Crippen LogP contribution is 2.19. The molecule has 0 amide bonds. The third-order valence-electron chi connectivity index (χ3n) is 3.29. The molecule has 0 atom stereocenters. The van der Waals surface area contributed by atoms with E-state index in [0.29, 0.717) is 12.8 Å². The van der Waals surface area contributed by atoms with Crippen molar-refractivity contribution in [2.45, 2.75) is 25.7 Å². The minimum Gasteiger partial charge on any atom is -0.512 e. The molecule has 0 heterocycles. The summed E-state index contributed by atoms with van der Waals surface area (Å²) in [7, 11) is 0. The van der Waals surface area contributed by atoms with Crippen molar-refractivity contribution in [3.8, 4) is 0 Å². The molecule has 1 N–H and O–H groups in total. The maximum absolute atomic E-state index is 11.9. The zero-order valence-corrected chi connectivity index (χ0v) is 10.8. The molecule has 0 saturated heterocycles. The van der Waals surface area contributed by atoms with Crippen LogP contribution in [0.1, 0.15) is 25.7 Å². The van der Waals surface area contributed by atoms with Crippen molar-refractivity contribution in [1.29, 1.82) is 0 Å². The summed E-state index contributed by atoms with van der Waals surface area (Å²) in [6.45, 7) is 0. The normalized spacial score (nSPS) is 21.1. The highest BCUT2D eigenvalue weighted by molar-refractivity contribution is 6.31. The van der Waals surface area contributed by atoms with Crippen molar-refractivity contribution in [1.82, 2.24) is 0 Å². The SMILES string of the molecule is O=C1CC(=O)C(C(=O)/C=C/C2=CC=C(O)CC2)C(=O)C1. The van der Waals surface area contributed by atoms with Gasteiger partial charge in [0.25, 0.3) is 0 Å². The summed E-state index contributed by atoms with van der Waals surface area (Å²) in [5, 5.41) is 9.21. The Morgan fingerprint density at radius 2 is 1.75 bits per heavy atom. The molecule has 0 aliphatic heterocycles. The third-order valence-corrected chi connectivity index (χ3v) is 3.29. The van der Waals surface area contributed by atoms with Crippen molar-refractivity contribution in [2.24, 2.45) is 5.92 Å². The number of carbonyl (C=O) groups is 4. The lowest BCUT2D eigenvalue weighted by molar-refractivity contribution is -0.143. The largest absolute Gasteiger partial charge is 0.512 e. The fraction of sp³-hybridized carbons (Fsp3) is 0.333. The van der Waals surface area contributed by atoms with Crippen LogP contribution in [-0.2, 0) is 19.2 Å². The number of hydrogen-bond donors (Lipinski definition) is 1. The molecule has 0 spiro atoms. The second kappa shape index (κ2) is 5.77. The van der Waals surface area contributed by atoms with E-state index in [0.717, 1.165) is 5.57 Å². The van der Waals surface area contributed by atoms with E-state index in [1.807, 2.05) is 0 Å². The number of aliphatic hydroxyl groups is 1. The Morgan fingerprint density at radius 3 is 2.30 bits per heavy atom. The molecule has 1 fully saturated rings. The standard InChI is InChI=1S/C15H14O5/c16-10-4-1-9(2-5-10)3-6-12(18)15-13(19)7-11(17)8-14(15)20/h1,3-4,6,15-16H,2,5,7-8H2/b6-3+. The molecule has 104 valence electrons. The average molecular weight is 274 g/mol.